The molecule has 0 saturated carbocycles. The van der Waals surface area contributed by atoms with Crippen LogP contribution < -0.4 is 10.6 Å². The van der Waals surface area contributed by atoms with Gasteiger partial charge < -0.3 is 10.4 Å². The van der Waals surface area contributed by atoms with E-state index in [1.807, 2.05) is 0 Å². The highest BCUT2D eigenvalue weighted by Crippen LogP contribution is 2.20. The minimum absolute atomic E-state index is 0.0832. The van der Waals surface area contributed by atoms with Crippen LogP contribution in [0, 0.1) is 5.92 Å². The van der Waals surface area contributed by atoms with Crippen molar-refractivity contribution < 1.29 is 19.5 Å². The Morgan fingerprint density at radius 1 is 1.57 bits per heavy atom. The normalized spacial score (nSPS) is 28.1. The molecule has 6 heteroatoms. The first kappa shape index (κ1) is 10.5. The number of carboxylic acid groups (broad SMARTS) is 1. The number of hydrogen-bond acceptors (Lipinski definition) is 3. The first-order valence-corrected chi connectivity index (χ1v) is 4.21. The molecule has 0 aliphatic carbocycles. The van der Waals surface area contributed by atoms with Gasteiger partial charge in [-0.05, 0) is 13.3 Å². The Bertz CT molecular complexity index is 302. The van der Waals surface area contributed by atoms with Crippen molar-refractivity contribution in [1.29, 1.82) is 0 Å². The molecule has 1 fully saturated rings. The van der Waals surface area contributed by atoms with Gasteiger partial charge in [0.15, 0.2) is 0 Å². The molecule has 0 spiro atoms. The molecule has 1 saturated heterocycles. The van der Waals surface area contributed by atoms with Crippen molar-refractivity contribution in [3.8, 4) is 0 Å². The lowest BCUT2D eigenvalue weighted by Crippen LogP contribution is -2.45. The average Bonchev–Trinajstić information content (AvgIpc) is 2.25. The smallest absolute Gasteiger partial charge is 0.322 e. The SMILES string of the molecule is C[C@@H](C[C@@]1(C)NC(=O)NC1=O)C(=O)O. The summed E-state index contributed by atoms with van der Waals surface area (Å²) >= 11 is 0. The van der Waals surface area contributed by atoms with Crippen LogP contribution in [0.15, 0.2) is 0 Å². The molecule has 3 N–H and O–H groups in total. The van der Waals surface area contributed by atoms with Gasteiger partial charge in [-0.25, -0.2) is 4.79 Å². The summed E-state index contributed by atoms with van der Waals surface area (Å²) in [6.45, 7) is 3.00. The maximum Gasteiger partial charge on any atom is 0.322 e. The highest BCUT2D eigenvalue weighted by Gasteiger charge is 2.43. The molecule has 1 heterocycles. The van der Waals surface area contributed by atoms with Gasteiger partial charge in [0.25, 0.3) is 5.91 Å². The Hall–Kier alpha value is -1.59. The minimum Gasteiger partial charge on any atom is -0.481 e. The third-order valence-corrected chi connectivity index (χ3v) is 2.25. The Morgan fingerprint density at radius 3 is 2.50 bits per heavy atom. The summed E-state index contributed by atoms with van der Waals surface area (Å²) in [4.78, 5) is 32.7. The zero-order valence-electron chi connectivity index (χ0n) is 7.96. The molecule has 6 nitrogen and oxygen atoms in total. The predicted molar refractivity (Wildman–Crippen MR) is 46.5 cm³/mol. The second-order valence-corrected chi connectivity index (χ2v) is 3.68. The van der Waals surface area contributed by atoms with Crippen LogP contribution >= 0.6 is 0 Å². The van der Waals surface area contributed by atoms with Crippen LogP contribution in [0.2, 0.25) is 0 Å². The van der Waals surface area contributed by atoms with Gasteiger partial charge in [0.1, 0.15) is 5.54 Å². The number of nitrogens with one attached hydrogen (secondary N) is 2. The van der Waals surface area contributed by atoms with E-state index in [4.69, 9.17) is 5.11 Å². The predicted octanol–water partition coefficient (Wildman–Crippen LogP) is -0.305. The molecular formula is C8H12N2O4. The molecule has 1 aliphatic heterocycles. The quantitative estimate of drug-likeness (QED) is 0.545. The molecule has 3 amide bonds. The van der Waals surface area contributed by atoms with E-state index in [2.05, 4.69) is 10.6 Å². The van der Waals surface area contributed by atoms with Crippen LogP contribution in [0.25, 0.3) is 0 Å². The number of carbonyl (C=O) groups excluding carboxylic acids is 2. The molecule has 0 aromatic rings. The molecule has 1 rings (SSSR count). The van der Waals surface area contributed by atoms with E-state index in [1.165, 1.54) is 13.8 Å². The Kier molecular flexibility index (Phi) is 2.46. The largest absolute Gasteiger partial charge is 0.481 e. The molecule has 0 unspecified atom stereocenters. The summed E-state index contributed by atoms with van der Waals surface area (Å²) < 4.78 is 0. The highest BCUT2D eigenvalue weighted by molar-refractivity contribution is 6.06. The fourth-order valence-corrected chi connectivity index (χ4v) is 1.42. The maximum absolute atomic E-state index is 11.3. The number of urea groups is 1. The van der Waals surface area contributed by atoms with E-state index in [1.54, 1.807) is 0 Å². The Labute approximate surface area is 80.7 Å². The lowest BCUT2D eigenvalue weighted by atomic mass is 9.90. The molecule has 0 aromatic heterocycles. The topological polar surface area (TPSA) is 95.5 Å². The molecule has 78 valence electrons. The van der Waals surface area contributed by atoms with E-state index in [0.717, 1.165) is 0 Å². The molecule has 0 radical (unpaired) electrons. The third-order valence-electron chi connectivity index (χ3n) is 2.25. The van der Waals surface area contributed by atoms with E-state index >= 15 is 0 Å². The first-order valence-electron chi connectivity index (χ1n) is 4.21. The van der Waals surface area contributed by atoms with Crippen LogP contribution in [-0.4, -0.2) is 28.6 Å². The van der Waals surface area contributed by atoms with Gasteiger partial charge in [0.05, 0.1) is 5.92 Å². The fourth-order valence-electron chi connectivity index (χ4n) is 1.42. The molecule has 14 heavy (non-hydrogen) atoms. The molecular weight excluding hydrogens is 188 g/mol. The standard InChI is InChI=1S/C8H12N2O4/c1-4(5(11)12)3-8(2)6(13)9-7(14)10-8/h4H,3H2,1-2H3,(H,11,12)(H2,9,10,13,14)/t4-,8+/m0/s1. The summed E-state index contributed by atoms with van der Waals surface area (Å²) in [7, 11) is 0. The number of amides is 3. The van der Waals surface area contributed by atoms with Gasteiger partial charge in [-0.2, -0.15) is 0 Å². The van der Waals surface area contributed by atoms with Gasteiger partial charge in [-0.1, -0.05) is 6.92 Å². The fraction of sp³-hybridized carbons (Fsp3) is 0.625. The number of hydrogen-bond donors (Lipinski definition) is 3. The summed E-state index contributed by atoms with van der Waals surface area (Å²) in [6, 6.07) is -0.574. The zero-order chi connectivity index (χ0) is 10.9. The Balaban J connectivity index is 2.72. The number of carbonyl (C=O) groups is 3. The van der Waals surface area contributed by atoms with Crippen LogP contribution in [0.3, 0.4) is 0 Å². The zero-order valence-corrected chi connectivity index (χ0v) is 7.96. The molecule has 0 bridgehead atoms. The van der Waals surface area contributed by atoms with Crippen molar-refractivity contribution in [3.05, 3.63) is 0 Å². The Morgan fingerprint density at radius 2 is 2.14 bits per heavy atom. The van der Waals surface area contributed by atoms with Gasteiger partial charge in [0, 0.05) is 0 Å². The van der Waals surface area contributed by atoms with E-state index < -0.39 is 29.4 Å². The van der Waals surface area contributed by atoms with Crippen molar-refractivity contribution in [2.24, 2.45) is 5.92 Å². The lowest BCUT2D eigenvalue weighted by molar-refractivity contribution is -0.142. The van der Waals surface area contributed by atoms with Crippen LogP contribution in [0.5, 0.6) is 0 Å². The van der Waals surface area contributed by atoms with Crippen molar-refractivity contribution in [2.45, 2.75) is 25.8 Å². The highest BCUT2D eigenvalue weighted by atomic mass is 16.4. The van der Waals surface area contributed by atoms with E-state index in [-0.39, 0.29) is 6.42 Å². The third kappa shape index (κ3) is 1.84. The van der Waals surface area contributed by atoms with Crippen molar-refractivity contribution in [2.75, 3.05) is 0 Å². The van der Waals surface area contributed by atoms with Crippen molar-refractivity contribution in [1.82, 2.24) is 10.6 Å². The van der Waals surface area contributed by atoms with Crippen LogP contribution in [0.4, 0.5) is 4.79 Å². The monoisotopic (exact) mass is 200 g/mol. The lowest BCUT2D eigenvalue weighted by Gasteiger charge is -2.22. The van der Waals surface area contributed by atoms with E-state index in [0.29, 0.717) is 0 Å². The molecule has 0 aromatic carbocycles. The average molecular weight is 200 g/mol. The van der Waals surface area contributed by atoms with E-state index in [9.17, 15) is 14.4 Å². The second-order valence-electron chi connectivity index (χ2n) is 3.68. The number of rotatable bonds is 3. The minimum atomic E-state index is -1.10. The number of imide groups is 1. The summed E-state index contributed by atoms with van der Waals surface area (Å²) in [5, 5.41) is 13.1. The number of aliphatic carboxylic acids is 1. The van der Waals surface area contributed by atoms with Crippen LogP contribution in [-0.2, 0) is 9.59 Å². The molecule has 2 atom stereocenters. The van der Waals surface area contributed by atoms with Gasteiger partial charge in [-0.3, -0.25) is 14.9 Å². The van der Waals surface area contributed by atoms with Gasteiger partial charge in [-0.15, -0.1) is 0 Å². The second kappa shape index (κ2) is 3.28. The summed E-state index contributed by atoms with van der Waals surface area (Å²) in [5.41, 5.74) is -1.10. The maximum atomic E-state index is 11.3. The number of carboxylic acids is 1. The van der Waals surface area contributed by atoms with Crippen molar-refractivity contribution in [3.63, 3.8) is 0 Å². The van der Waals surface area contributed by atoms with Crippen LogP contribution in [0.1, 0.15) is 20.3 Å². The molecule has 1 aliphatic rings. The van der Waals surface area contributed by atoms with Gasteiger partial charge in [0.2, 0.25) is 0 Å². The summed E-state index contributed by atoms with van der Waals surface area (Å²) in [5.74, 6) is -2.14. The summed E-state index contributed by atoms with van der Waals surface area (Å²) in [6.07, 6.45) is 0.0832. The van der Waals surface area contributed by atoms with Gasteiger partial charge >= 0.3 is 12.0 Å². The first-order chi connectivity index (χ1) is 6.35. The van der Waals surface area contributed by atoms with Crippen molar-refractivity contribution >= 4 is 17.9 Å².